The van der Waals surface area contributed by atoms with E-state index in [0.29, 0.717) is 5.71 Å². The highest BCUT2D eigenvalue weighted by Crippen LogP contribution is 2.20. The summed E-state index contributed by atoms with van der Waals surface area (Å²) in [5.74, 6) is 6.18. The average Bonchev–Trinajstić information content (AvgIpc) is 2.32. The molecule has 0 fully saturated rings. The van der Waals surface area contributed by atoms with Gasteiger partial charge in [-0.2, -0.15) is 4.40 Å². The van der Waals surface area contributed by atoms with Gasteiger partial charge in [0.25, 0.3) is 0 Å². The van der Waals surface area contributed by atoms with Crippen LogP contribution in [0, 0.1) is 17.3 Å². The van der Waals surface area contributed by atoms with Gasteiger partial charge in [-0.1, -0.05) is 44.9 Å². The predicted molar refractivity (Wildman–Crippen MR) is 88.1 cm³/mol. The summed E-state index contributed by atoms with van der Waals surface area (Å²) in [7, 11) is -1.29. The maximum absolute atomic E-state index is 12.2. The van der Waals surface area contributed by atoms with Crippen LogP contribution < -0.4 is 0 Å². The van der Waals surface area contributed by atoms with Gasteiger partial charge in [-0.05, 0) is 38.8 Å². The fourth-order valence-electron chi connectivity index (χ4n) is 1.22. The average molecular weight is 289 g/mol. The first kappa shape index (κ1) is 16.7. The summed E-state index contributed by atoms with van der Waals surface area (Å²) in [6.07, 6.45) is 0. The molecule has 1 aromatic rings. The Morgan fingerprint density at radius 1 is 1.05 bits per heavy atom. The molecule has 1 aromatic carbocycles. The van der Waals surface area contributed by atoms with Gasteiger partial charge in [0.15, 0.2) is 0 Å². The molecule has 0 N–H and O–H groups in total. The SMILES string of the molecule is CC(C)(C)C(C#Cc1ccccc1)=N[S@@](=O)C(C)(C)C. The summed E-state index contributed by atoms with van der Waals surface area (Å²) >= 11 is 0. The van der Waals surface area contributed by atoms with E-state index in [0.717, 1.165) is 5.56 Å². The third kappa shape index (κ3) is 5.30. The molecule has 0 saturated carbocycles. The minimum atomic E-state index is -1.29. The largest absolute Gasteiger partial charge is 0.234 e. The molecule has 0 unspecified atom stereocenters. The van der Waals surface area contributed by atoms with Crippen LogP contribution in [0.15, 0.2) is 34.7 Å². The third-order valence-electron chi connectivity index (χ3n) is 2.51. The van der Waals surface area contributed by atoms with Crippen molar-refractivity contribution < 1.29 is 4.21 Å². The zero-order valence-electron chi connectivity index (χ0n) is 13.2. The highest BCUT2D eigenvalue weighted by atomic mass is 32.2. The Morgan fingerprint density at radius 2 is 1.60 bits per heavy atom. The smallest absolute Gasteiger partial charge is 0.145 e. The van der Waals surface area contributed by atoms with Crippen molar-refractivity contribution in [3.8, 4) is 11.8 Å². The Kier molecular flexibility index (Phi) is 5.30. The molecular formula is C17H23NOS. The van der Waals surface area contributed by atoms with Gasteiger partial charge in [-0.3, -0.25) is 0 Å². The monoisotopic (exact) mass is 289 g/mol. The van der Waals surface area contributed by atoms with Crippen LogP contribution >= 0.6 is 0 Å². The van der Waals surface area contributed by atoms with E-state index >= 15 is 0 Å². The zero-order valence-corrected chi connectivity index (χ0v) is 14.0. The van der Waals surface area contributed by atoms with E-state index in [-0.39, 0.29) is 10.2 Å². The molecule has 0 aliphatic heterocycles. The van der Waals surface area contributed by atoms with Gasteiger partial charge in [0.2, 0.25) is 0 Å². The van der Waals surface area contributed by atoms with Crippen molar-refractivity contribution in [1.82, 2.24) is 0 Å². The van der Waals surface area contributed by atoms with Crippen molar-refractivity contribution in [3.05, 3.63) is 35.9 Å². The normalized spacial score (nSPS) is 14.4. The Bertz CT molecular complexity index is 563. The number of hydrogen-bond acceptors (Lipinski definition) is 1. The van der Waals surface area contributed by atoms with E-state index < -0.39 is 11.0 Å². The van der Waals surface area contributed by atoms with E-state index in [9.17, 15) is 4.21 Å². The van der Waals surface area contributed by atoms with Gasteiger partial charge in [0.05, 0.1) is 4.75 Å². The third-order valence-corrected chi connectivity index (χ3v) is 3.90. The van der Waals surface area contributed by atoms with Crippen LogP contribution in [0.25, 0.3) is 0 Å². The molecule has 0 bridgehead atoms. The van der Waals surface area contributed by atoms with Crippen molar-refractivity contribution in [2.75, 3.05) is 0 Å². The molecule has 20 heavy (non-hydrogen) atoms. The van der Waals surface area contributed by atoms with Crippen molar-refractivity contribution in [3.63, 3.8) is 0 Å². The summed E-state index contributed by atoms with van der Waals surface area (Å²) in [4.78, 5) is 0. The first-order valence-electron chi connectivity index (χ1n) is 6.69. The van der Waals surface area contributed by atoms with Gasteiger partial charge >= 0.3 is 0 Å². The van der Waals surface area contributed by atoms with Crippen LogP contribution in [0.1, 0.15) is 47.1 Å². The predicted octanol–water partition coefficient (Wildman–Crippen LogP) is 3.99. The number of benzene rings is 1. The highest BCUT2D eigenvalue weighted by molar-refractivity contribution is 7.85. The van der Waals surface area contributed by atoms with Crippen LogP contribution in [0.3, 0.4) is 0 Å². The molecule has 0 heterocycles. The van der Waals surface area contributed by atoms with Crippen LogP contribution in [0.2, 0.25) is 0 Å². The van der Waals surface area contributed by atoms with Crippen molar-refractivity contribution in [1.29, 1.82) is 0 Å². The Hall–Kier alpha value is -1.40. The van der Waals surface area contributed by atoms with Crippen LogP contribution in [-0.4, -0.2) is 14.7 Å². The molecule has 0 aliphatic carbocycles. The summed E-state index contributed by atoms with van der Waals surface area (Å²) in [5.41, 5.74) is 1.39. The van der Waals surface area contributed by atoms with Gasteiger partial charge < -0.3 is 0 Å². The number of nitrogens with zero attached hydrogens (tertiary/aromatic N) is 1. The maximum Gasteiger partial charge on any atom is 0.145 e. The quantitative estimate of drug-likeness (QED) is 0.568. The second-order valence-electron chi connectivity index (χ2n) is 6.67. The lowest BCUT2D eigenvalue weighted by Crippen LogP contribution is -2.25. The molecule has 0 saturated heterocycles. The molecule has 0 radical (unpaired) electrons. The summed E-state index contributed by atoms with van der Waals surface area (Å²) in [5, 5.41) is 0. The molecule has 0 aliphatic rings. The Labute approximate surface area is 125 Å². The zero-order chi connectivity index (χ0) is 15.4. The van der Waals surface area contributed by atoms with E-state index in [1.54, 1.807) is 0 Å². The molecule has 0 spiro atoms. The molecule has 0 aromatic heterocycles. The van der Waals surface area contributed by atoms with Crippen molar-refractivity contribution in [2.24, 2.45) is 9.81 Å². The number of rotatable bonds is 1. The van der Waals surface area contributed by atoms with Crippen LogP contribution in [0.4, 0.5) is 0 Å². The first-order chi connectivity index (χ1) is 9.10. The standard InChI is InChI=1S/C17H23NOS/c1-16(2,3)15(18-20(19)17(4,5)6)13-12-14-10-8-7-9-11-14/h7-11H,1-6H3/t20-/m0/s1. The molecule has 2 nitrogen and oxygen atoms in total. The topological polar surface area (TPSA) is 29.4 Å². The van der Waals surface area contributed by atoms with Crippen LogP contribution in [0.5, 0.6) is 0 Å². The number of hydrogen-bond donors (Lipinski definition) is 0. The summed E-state index contributed by atoms with van der Waals surface area (Å²) in [6.45, 7) is 11.8. The van der Waals surface area contributed by atoms with E-state index in [1.807, 2.05) is 71.9 Å². The summed E-state index contributed by atoms with van der Waals surface area (Å²) in [6, 6.07) is 9.76. The van der Waals surface area contributed by atoms with Gasteiger partial charge in [0.1, 0.15) is 16.7 Å². The van der Waals surface area contributed by atoms with Crippen LogP contribution in [-0.2, 0) is 11.0 Å². The summed E-state index contributed by atoms with van der Waals surface area (Å²) < 4.78 is 16.2. The molecule has 1 rings (SSSR count). The lowest BCUT2D eigenvalue weighted by molar-refractivity contribution is 0.595. The van der Waals surface area contributed by atoms with E-state index in [1.165, 1.54) is 0 Å². The lowest BCUT2D eigenvalue weighted by atomic mass is 9.90. The Balaban J connectivity index is 3.14. The minimum Gasteiger partial charge on any atom is -0.234 e. The van der Waals surface area contributed by atoms with Gasteiger partial charge in [-0.25, -0.2) is 4.21 Å². The minimum absolute atomic E-state index is 0.220. The molecule has 108 valence electrons. The Morgan fingerprint density at radius 3 is 2.05 bits per heavy atom. The lowest BCUT2D eigenvalue weighted by Gasteiger charge is -2.19. The van der Waals surface area contributed by atoms with Gasteiger partial charge in [-0.15, -0.1) is 0 Å². The molecular weight excluding hydrogens is 266 g/mol. The molecule has 3 heteroatoms. The van der Waals surface area contributed by atoms with E-state index in [2.05, 4.69) is 16.2 Å². The molecule has 1 atom stereocenters. The fourth-order valence-corrected chi connectivity index (χ4v) is 1.98. The maximum atomic E-state index is 12.2. The second-order valence-corrected chi connectivity index (χ2v) is 8.57. The van der Waals surface area contributed by atoms with Crippen molar-refractivity contribution >= 4 is 16.7 Å². The van der Waals surface area contributed by atoms with Gasteiger partial charge in [0, 0.05) is 11.0 Å². The first-order valence-corrected chi connectivity index (χ1v) is 7.79. The fraction of sp³-hybridized carbons (Fsp3) is 0.471. The highest BCUT2D eigenvalue weighted by Gasteiger charge is 2.23. The van der Waals surface area contributed by atoms with Crippen molar-refractivity contribution in [2.45, 2.75) is 46.3 Å². The second kappa shape index (κ2) is 6.37. The molecule has 0 amide bonds. The van der Waals surface area contributed by atoms with E-state index in [4.69, 9.17) is 0 Å².